The third-order valence-corrected chi connectivity index (χ3v) is 7.84. The van der Waals surface area contributed by atoms with E-state index in [9.17, 15) is 32.0 Å². The Balaban J connectivity index is 0.000000934. The zero-order chi connectivity index (χ0) is 28.1. The Kier molecular flexibility index (Phi) is 9.34. The van der Waals surface area contributed by atoms with E-state index >= 15 is 0 Å². The van der Waals surface area contributed by atoms with Crippen LogP contribution in [-0.4, -0.2) is 29.3 Å². The lowest BCUT2D eigenvalue weighted by atomic mass is 10.1. The maximum Gasteiger partial charge on any atom is 0.416 e. The van der Waals surface area contributed by atoms with E-state index < -0.39 is 35.2 Å². The first kappa shape index (κ1) is 29.8. The summed E-state index contributed by atoms with van der Waals surface area (Å²) in [6.45, 7) is 5.36. The highest BCUT2D eigenvalue weighted by molar-refractivity contribution is 8.00. The number of alkyl halides is 5. The van der Waals surface area contributed by atoms with Crippen molar-refractivity contribution >= 4 is 23.4 Å². The zero-order valence-corrected chi connectivity index (χ0v) is 22.4. The summed E-state index contributed by atoms with van der Waals surface area (Å²) in [5.74, 6) is -3.51. The van der Waals surface area contributed by atoms with Crippen molar-refractivity contribution < 1.29 is 26.7 Å². The van der Waals surface area contributed by atoms with Crippen molar-refractivity contribution in [3.05, 3.63) is 59.7 Å². The number of nitrogens with one attached hydrogen (secondary N) is 1. The van der Waals surface area contributed by atoms with Crippen LogP contribution in [-0.2, 0) is 16.9 Å². The number of carbonyl (C=O) groups excluding carboxylic acids is 1. The van der Waals surface area contributed by atoms with Crippen LogP contribution in [0, 0.1) is 11.3 Å². The molecule has 0 spiro atoms. The maximum absolute atomic E-state index is 14.1. The maximum atomic E-state index is 14.1. The van der Waals surface area contributed by atoms with Gasteiger partial charge in [-0.1, -0.05) is 51.0 Å². The predicted molar refractivity (Wildman–Crippen MR) is 139 cm³/mol. The molecule has 1 saturated carbocycles. The Bertz CT molecular complexity index is 1150. The van der Waals surface area contributed by atoms with Gasteiger partial charge in [-0.2, -0.15) is 18.4 Å². The Morgan fingerprint density at radius 1 is 1.11 bits per heavy atom. The van der Waals surface area contributed by atoms with Crippen molar-refractivity contribution in [3.63, 3.8) is 0 Å². The number of carbonyl (C=O) groups is 1. The van der Waals surface area contributed by atoms with Gasteiger partial charge in [-0.25, -0.2) is 8.78 Å². The molecule has 0 bridgehead atoms. The van der Waals surface area contributed by atoms with Crippen molar-refractivity contribution in [1.29, 1.82) is 5.26 Å². The summed E-state index contributed by atoms with van der Waals surface area (Å²) in [6, 6.07) is 12.0. The molecule has 2 aliphatic rings. The molecule has 2 unspecified atom stereocenters. The number of hydrogen-bond donors (Lipinski definition) is 1. The smallest absolute Gasteiger partial charge is 0.358 e. The molecule has 2 fully saturated rings. The minimum absolute atomic E-state index is 0.139. The van der Waals surface area contributed by atoms with Crippen molar-refractivity contribution in [2.75, 3.05) is 11.4 Å². The van der Waals surface area contributed by atoms with Gasteiger partial charge in [-0.3, -0.25) is 4.79 Å². The minimum atomic E-state index is -4.55. The van der Waals surface area contributed by atoms with E-state index in [0.717, 1.165) is 19.1 Å². The third kappa shape index (κ3) is 7.40. The number of unbranched alkanes of at least 4 members (excludes halogenated alkanes) is 1. The van der Waals surface area contributed by atoms with Gasteiger partial charge in [0.25, 0.3) is 5.92 Å². The number of anilines is 1. The second kappa shape index (κ2) is 11.9. The van der Waals surface area contributed by atoms with E-state index in [1.54, 1.807) is 17.0 Å². The van der Waals surface area contributed by atoms with Crippen molar-refractivity contribution in [1.82, 2.24) is 5.32 Å². The van der Waals surface area contributed by atoms with Gasteiger partial charge in [-0.15, -0.1) is 11.8 Å². The Morgan fingerprint density at radius 2 is 1.76 bits per heavy atom. The molecule has 0 radical (unpaired) electrons. The first-order valence-electron chi connectivity index (χ1n) is 12.6. The second-order valence-electron chi connectivity index (χ2n) is 9.76. The van der Waals surface area contributed by atoms with Crippen molar-refractivity contribution in [3.8, 4) is 6.07 Å². The standard InChI is InChI=1S/C24H22F5N3OS.C4H10/c1-22(25,26)18-7-2-3-8-20(18)34-17-12-19(21(33)31-23(14-30)9-10-23)32(13-17)16-6-4-5-15(11-16)24(27,28)29;1-3-4-2/h2-8,11,17,19H,9-10,12-13H2,1H3,(H,31,33);3-4H2,1-2H3. The van der Waals surface area contributed by atoms with Crippen molar-refractivity contribution in [2.45, 2.75) is 86.7 Å². The molecule has 2 aromatic rings. The van der Waals surface area contributed by atoms with Gasteiger partial charge < -0.3 is 10.2 Å². The first-order chi connectivity index (χ1) is 17.8. The van der Waals surface area contributed by atoms with Gasteiger partial charge in [0.1, 0.15) is 11.6 Å². The summed E-state index contributed by atoms with van der Waals surface area (Å²) in [6.07, 6.45) is -0.643. The highest BCUT2D eigenvalue weighted by Gasteiger charge is 2.48. The van der Waals surface area contributed by atoms with Crippen LogP contribution in [0.5, 0.6) is 0 Å². The van der Waals surface area contributed by atoms with E-state index in [1.165, 1.54) is 48.9 Å². The number of thioether (sulfide) groups is 1. The zero-order valence-electron chi connectivity index (χ0n) is 21.6. The van der Waals surface area contributed by atoms with Crippen LogP contribution in [0.4, 0.5) is 27.6 Å². The Labute approximate surface area is 224 Å². The number of amides is 1. The van der Waals surface area contributed by atoms with Gasteiger partial charge in [0.05, 0.1) is 11.6 Å². The van der Waals surface area contributed by atoms with Crippen LogP contribution in [0.3, 0.4) is 0 Å². The highest BCUT2D eigenvalue weighted by atomic mass is 32.2. The lowest BCUT2D eigenvalue weighted by Gasteiger charge is -2.27. The summed E-state index contributed by atoms with van der Waals surface area (Å²) < 4.78 is 68.1. The molecule has 1 saturated heterocycles. The monoisotopic (exact) mass is 553 g/mol. The summed E-state index contributed by atoms with van der Waals surface area (Å²) in [5.41, 5.74) is -1.69. The van der Waals surface area contributed by atoms with Gasteiger partial charge in [0.15, 0.2) is 0 Å². The Morgan fingerprint density at radius 3 is 2.32 bits per heavy atom. The third-order valence-electron chi connectivity index (χ3n) is 6.55. The highest BCUT2D eigenvalue weighted by Crippen LogP contribution is 2.42. The van der Waals surface area contributed by atoms with E-state index in [1.807, 2.05) is 0 Å². The van der Waals surface area contributed by atoms with Gasteiger partial charge in [0, 0.05) is 34.9 Å². The molecular weight excluding hydrogens is 521 g/mol. The number of nitrogens with zero attached hydrogens (tertiary/aromatic N) is 2. The van der Waals surface area contributed by atoms with E-state index in [2.05, 4.69) is 25.2 Å². The van der Waals surface area contributed by atoms with Crippen LogP contribution in [0.2, 0.25) is 0 Å². The minimum Gasteiger partial charge on any atom is -0.358 e. The fourth-order valence-corrected chi connectivity index (χ4v) is 5.50. The molecule has 2 aromatic carbocycles. The van der Waals surface area contributed by atoms with E-state index in [-0.39, 0.29) is 29.5 Å². The number of rotatable bonds is 7. The molecular formula is C28H32F5N3OS. The molecule has 1 aliphatic carbocycles. The van der Waals surface area contributed by atoms with Crippen LogP contribution in [0.15, 0.2) is 53.4 Å². The SMILES string of the molecule is CC(F)(F)c1ccccc1SC1CC(C(=O)NC2(C#N)CC2)N(c2cccc(C(F)(F)F)c2)C1.CCCC. The van der Waals surface area contributed by atoms with Crippen LogP contribution in [0.25, 0.3) is 0 Å². The molecule has 1 amide bonds. The number of nitriles is 1. The normalized spacial score (nSPS) is 20.2. The molecule has 4 rings (SSSR count). The molecule has 1 heterocycles. The molecule has 2 atom stereocenters. The molecule has 206 valence electrons. The van der Waals surface area contributed by atoms with Gasteiger partial charge in [0.2, 0.25) is 5.91 Å². The lowest BCUT2D eigenvalue weighted by Crippen LogP contribution is -2.47. The fraction of sp³-hybridized carbons (Fsp3) is 0.500. The number of hydrogen-bond acceptors (Lipinski definition) is 4. The van der Waals surface area contributed by atoms with Crippen molar-refractivity contribution in [2.24, 2.45) is 0 Å². The fourth-order valence-electron chi connectivity index (χ4n) is 4.10. The van der Waals surface area contributed by atoms with E-state index in [0.29, 0.717) is 17.7 Å². The summed E-state index contributed by atoms with van der Waals surface area (Å²) in [7, 11) is 0. The van der Waals surface area contributed by atoms with Gasteiger partial charge in [-0.05, 0) is 43.5 Å². The van der Waals surface area contributed by atoms with Crippen LogP contribution < -0.4 is 10.2 Å². The van der Waals surface area contributed by atoms with E-state index in [4.69, 9.17) is 0 Å². The Hall–Kier alpha value is -2.80. The summed E-state index contributed by atoms with van der Waals surface area (Å²) in [5, 5.41) is 11.7. The van der Waals surface area contributed by atoms with Gasteiger partial charge >= 0.3 is 6.18 Å². The predicted octanol–water partition coefficient (Wildman–Crippen LogP) is 7.54. The average Bonchev–Trinajstić information content (AvgIpc) is 3.52. The average molecular weight is 554 g/mol. The molecule has 0 aromatic heterocycles. The number of halogens is 5. The summed E-state index contributed by atoms with van der Waals surface area (Å²) >= 11 is 1.18. The quantitative estimate of drug-likeness (QED) is 0.360. The molecule has 10 heteroatoms. The molecule has 1 N–H and O–H groups in total. The van der Waals surface area contributed by atoms with Crippen LogP contribution in [0.1, 0.15) is 64.0 Å². The first-order valence-corrected chi connectivity index (χ1v) is 13.5. The molecule has 4 nitrogen and oxygen atoms in total. The number of benzene rings is 2. The lowest BCUT2D eigenvalue weighted by molar-refractivity contribution is -0.137. The topological polar surface area (TPSA) is 56.1 Å². The second-order valence-corrected chi connectivity index (χ2v) is 11.1. The summed E-state index contributed by atoms with van der Waals surface area (Å²) in [4.78, 5) is 15.0. The molecule has 38 heavy (non-hydrogen) atoms. The van der Waals surface area contributed by atoms with Crippen LogP contribution >= 0.6 is 11.8 Å². The molecule has 1 aliphatic heterocycles. The largest absolute Gasteiger partial charge is 0.416 e.